The van der Waals surface area contributed by atoms with E-state index in [4.69, 9.17) is 9.47 Å². The molecular formula is C17H14BrFN2O3. The van der Waals surface area contributed by atoms with Gasteiger partial charge in [0.15, 0.2) is 11.5 Å². The van der Waals surface area contributed by atoms with Gasteiger partial charge in [-0.1, -0.05) is 6.07 Å². The molecule has 0 atom stereocenters. The molecule has 0 amide bonds. The molecule has 0 aliphatic carbocycles. The normalized spacial score (nSPS) is 10.8. The van der Waals surface area contributed by atoms with Gasteiger partial charge in [0.1, 0.15) is 5.82 Å². The zero-order valence-corrected chi connectivity index (χ0v) is 14.6. The minimum Gasteiger partial charge on any atom is -0.493 e. The zero-order chi connectivity index (χ0) is 17.3. The van der Waals surface area contributed by atoms with Crippen LogP contribution in [0.4, 0.5) is 4.39 Å². The molecule has 0 aliphatic rings. The van der Waals surface area contributed by atoms with Gasteiger partial charge in [0, 0.05) is 11.8 Å². The number of nitrogens with zero attached hydrogens (tertiary/aromatic N) is 1. The lowest BCUT2D eigenvalue weighted by Crippen LogP contribution is -2.12. The Balaban J connectivity index is 2.15. The second kappa shape index (κ2) is 6.60. The second-order valence-electron chi connectivity index (χ2n) is 5.18. The number of rotatable bonds is 4. The molecule has 1 N–H and O–H groups in total. The van der Waals surface area contributed by atoms with Crippen LogP contribution in [0.25, 0.3) is 10.8 Å². The summed E-state index contributed by atoms with van der Waals surface area (Å²) in [5.41, 5.74) is 1.21. The second-order valence-corrected chi connectivity index (χ2v) is 6.03. The molecule has 5 nitrogen and oxygen atoms in total. The maximum absolute atomic E-state index is 13.4. The minimum atomic E-state index is -0.329. The average molecular weight is 393 g/mol. The van der Waals surface area contributed by atoms with Crippen LogP contribution in [-0.2, 0) is 6.42 Å². The van der Waals surface area contributed by atoms with Crippen LogP contribution in [0.15, 0.2) is 39.6 Å². The summed E-state index contributed by atoms with van der Waals surface area (Å²) < 4.78 is 24.3. The number of benzene rings is 2. The Hall–Kier alpha value is -2.41. The van der Waals surface area contributed by atoms with Crippen LogP contribution >= 0.6 is 15.9 Å². The lowest BCUT2D eigenvalue weighted by Gasteiger charge is -2.11. The third-order valence-electron chi connectivity index (χ3n) is 3.73. The van der Waals surface area contributed by atoms with Crippen molar-refractivity contribution in [2.45, 2.75) is 6.42 Å². The zero-order valence-electron chi connectivity index (χ0n) is 13.0. The summed E-state index contributed by atoms with van der Waals surface area (Å²) in [5.74, 6) is 0.653. The SMILES string of the molecule is COc1cc2c(Cc3ccc(F)c(Br)c3)n[nH]c(=O)c2cc1OC. The van der Waals surface area contributed by atoms with E-state index in [1.165, 1.54) is 20.3 Å². The molecule has 0 spiro atoms. The highest BCUT2D eigenvalue weighted by atomic mass is 79.9. The molecule has 2 aromatic carbocycles. The average Bonchev–Trinajstić information content (AvgIpc) is 2.59. The highest BCUT2D eigenvalue weighted by Gasteiger charge is 2.13. The Morgan fingerprint density at radius 1 is 1.12 bits per heavy atom. The van der Waals surface area contributed by atoms with E-state index in [0.717, 1.165) is 5.56 Å². The first-order chi connectivity index (χ1) is 11.5. The fourth-order valence-corrected chi connectivity index (χ4v) is 2.95. The van der Waals surface area contributed by atoms with Crippen LogP contribution in [0.3, 0.4) is 0 Å². The Morgan fingerprint density at radius 3 is 2.42 bits per heavy atom. The number of methoxy groups -OCH3 is 2. The number of aromatic nitrogens is 2. The monoisotopic (exact) mass is 392 g/mol. The summed E-state index contributed by atoms with van der Waals surface area (Å²) in [6, 6.07) is 8.11. The van der Waals surface area contributed by atoms with E-state index in [2.05, 4.69) is 26.1 Å². The van der Waals surface area contributed by atoms with Crippen molar-refractivity contribution >= 4 is 26.7 Å². The first kappa shape index (κ1) is 16.4. The number of nitrogens with one attached hydrogen (secondary N) is 1. The summed E-state index contributed by atoms with van der Waals surface area (Å²) in [4.78, 5) is 12.1. The standard InChI is InChI=1S/C17H14BrFN2O3/c1-23-15-7-10-11(8-16(15)24-2)17(22)21-20-14(10)6-9-3-4-13(19)12(18)5-9/h3-5,7-8H,6H2,1-2H3,(H,21,22). The van der Waals surface area contributed by atoms with Gasteiger partial charge in [0.25, 0.3) is 5.56 Å². The first-order valence-electron chi connectivity index (χ1n) is 7.10. The topological polar surface area (TPSA) is 64.2 Å². The van der Waals surface area contributed by atoms with Crippen molar-refractivity contribution in [1.82, 2.24) is 10.2 Å². The van der Waals surface area contributed by atoms with Gasteiger partial charge in [0.2, 0.25) is 0 Å². The van der Waals surface area contributed by atoms with Crippen LogP contribution in [0.5, 0.6) is 11.5 Å². The summed E-state index contributed by atoms with van der Waals surface area (Å²) in [6.07, 6.45) is 0.432. The van der Waals surface area contributed by atoms with Gasteiger partial charge in [-0.3, -0.25) is 4.79 Å². The molecule has 0 radical (unpaired) electrons. The predicted octanol–water partition coefficient (Wildman–Crippen LogP) is 3.43. The number of halogens is 2. The van der Waals surface area contributed by atoms with Crippen molar-refractivity contribution < 1.29 is 13.9 Å². The molecule has 1 aromatic heterocycles. The van der Waals surface area contributed by atoms with E-state index in [9.17, 15) is 9.18 Å². The highest BCUT2D eigenvalue weighted by molar-refractivity contribution is 9.10. The highest BCUT2D eigenvalue weighted by Crippen LogP contribution is 2.32. The third-order valence-corrected chi connectivity index (χ3v) is 4.33. The summed E-state index contributed by atoms with van der Waals surface area (Å²) in [6.45, 7) is 0. The van der Waals surface area contributed by atoms with E-state index in [0.29, 0.717) is 38.9 Å². The fraction of sp³-hybridized carbons (Fsp3) is 0.176. The van der Waals surface area contributed by atoms with E-state index < -0.39 is 0 Å². The molecule has 3 aromatic rings. The van der Waals surface area contributed by atoms with Gasteiger partial charge in [-0.25, -0.2) is 9.49 Å². The molecule has 24 heavy (non-hydrogen) atoms. The van der Waals surface area contributed by atoms with Crippen LogP contribution in [0.1, 0.15) is 11.3 Å². The van der Waals surface area contributed by atoms with E-state index >= 15 is 0 Å². The van der Waals surface area contributed by atoms with E-state index in [-0.39, 0.29) is 11.4 Å². The van der Waals surface area contributed by atoms with Gasteiger partial charge in [0.05, 0.1) is 29.8 Å². The number of aromatic amines is 1. The fourth-order valence-electron chi connectivity index (χ4n) is 2.52. The molecule has 124 valence electrons. The molecule has 0 saturated carbocycles. The molecule has 7 heteroatoms. The Labute approximate surface area is 145 Å². The summed E-state index contributed by atoms with van der Waals surface area (Å²) >= 11 is 3.17. The summed E-state index contributed by atoms with van der Waals surface area (Å²) in [5, 5.41) is 7.75. The molecule has 0 bridgehead atoms. The number of H-pyrrole nitrogens is 1. The van der Waals surface area contributed by atoms with Gasteiger partial charge in [-0.2, -0.15) is 5.10 Å². The summed E-state index contributed by atoms with van der Waals surface area (Å²) in [7, 11) is 3.04. The van der Waals surface area contributed by atoms with Gasteiger partial charge >= 0.3 is 0 Å². The molecule has 1 heterocycles. The molecule has 0 fully saturated rings. The van der Waals surface area contributed by atoms with Crippen molar-refractivity contribution in [2.24, 2.45) is 0 Å². The maximum Gasteiger partial charge on any atom is 0.272 e. The van der Waals surface area contributed by atoms with Crippen LogP contribution in [0, 0.1) is 5.82 Å². The lowest BCUT2D eigenvalue weighted by molar-refractivity contribution is 0.356. The smallest absolute Gasteiger partial charge is 0.272 e. The van der Waals surface area contributed by atoms with Gasteiger partial charge < -0.3 is 9.47 Å². The van der Waals surface area contributed by atoms with Crippen molar-refractivity contribution in [3.63, 3.8) is 0 Å². The quantitative estimate of drug-likeness (QED) is 0.738. The lowest BCUT2D eigenvalue weighted by atomic mass is 10.0. The molecule has 0 aliphatic heterocycles. The van der Waals surface area contributed by atoms with E-state index in [1.54, 1.807) is 24.3 Å². The minimum absolute atomic E-state index is 0.310. The van der Waals surface area contributed by atoms with Crippen LogP contribution in [-0.4, -0.2) is 24.4 Å². The van der Waals surface area contributed by atoms with Gasteiger partial charge in [-0.15, -0.1) is 0 Å². The predicted molar refractivity (Wildman–Crippen MR) is 92.4 cm³/mol. The first-order valence-corrected chi connectivity index (χ1v) is 7.90. The van der Waals surface area contributed by atoms with E-state index in [1.807, 2.05) is 0 Å². The number of hydrogen-bond acceptors (Lipinski definition) is 4. The number of ether oxygens (including phenoxy) is 2. The van der Waals surface area contributed by atoms with Crippen molar-refractivity contribution in [3.05, 3.63) is 62.2 Å². The molecule has 3 rings (SSSR count). The molecule has 0 saturated heterocycles. The van der Waals surface area contributed by atoms with Crippen LogP contribution < -0.4 is 15.0 Å². The molecular weight excluding hydrogens is 379 g/mol. The maximum atomic E-state index is 13.4. The van der Waals surface area contributed by atoms with Crippen molar-refractivity contribution in [2.75, 3.05) is 14.2 Å². The number of hydrogen-bond donors (Lipinski definition) is 1. The van der Waals surface area contributed by atoms with Crippen LogP contribution in [0.2, 0.25) is 0 Å². The Bertz CT molecular complexity index is 972. The van der Waals surface area contributed by atoms with Gasteiger partial charge in [-0.05, 0) is 45.8 Å². The Kier molecular flexibility index (Phi) is 4.53. The largest absolute Gasteiger partial charge is 0.493 e. The van der Waals surface area contributed by atoms with Crippen molar-refractivity contribution in [1.29, 1.82) is 0 Å². The third kappa shape index (κ3) is 2.99. The molecule has 0 unspecified atom stereocenters. The number of fused-ring (bicyclic) bond motifs is 1. The van der Waals surface area contributed by atoms with Crippen molar-refractivity contribution in [3.8, 4) is 11.5 Å². The Morgan fingerprint density at radius 2 is 1.79 bits per heavy atom.